The standard InChI is InChI=1S/C11H10O2S/c1-13-14(12)11-7-6-9-4-2-3-5-10(9)8-11/h2-8H,1H3/t14-/m0/s1. The summed E-state index contributed by atoms with van der Waals surface area (Å²) in [5.41, 5.74) is 0. The Balaban J connectivity index is 2.56. The summed E-state index contributed by atoms with van der Waals surface area (Å²) in [6.07, 6.45) is 0. The van der Waals surface area contributed by atoms with Crippen molar-refractivity contribution in [3.8, 4) is 0 Å². The van der Waals surface area contributed by atoms with Crippen molar-refractivity contribution in [1.82, 2.24) is 0 Å². The molecule has 2 aromatic carbocycles. The molecule has 2 rings (SSSR count). The number of fused-ring (bicyclic) bond motifs is 1. The van der Waals surface area contributed by atoms with Crippen LogP contribution in [0.25, 0.3) is 10.8 Å². The van der Waals surface area contributed by atoms with Crippen molar-refractivity contribution < 1.29 is 8.39 Å². The molecule has 0 spiro atoms. The fraction of sp³-hybridized carbons (Fsp3) is 0.0909. The maximum Gasteiger partial charge on any atom is 0.188 e. The van der Waals surface area contributed by atoms with Crippen LogP contribution in [-0.2, 0) is 15.3 Å². The van der Waals surface area contributed by atoms with Gasteiger partial charge >= 0.3 is 0 Å². The molecule has 0 unspecified atom stereocenters. The van der Waals surface area contributed by atoms with Gasteiger partial charge in [-0.3, -0.25) is 4.18 Å². The van der Waals surface area contributed by atoms with Gasteiger partial charge in [0.2, 0.25) is 0 Å². The summed E-state index contributed by atoms with van der Waals surface area (Å²) < 4.78 is 16.1. The molecule has 0 N–H and O–H groups in total. The molecular formula is C11H10O2S. The Morgan fingerprint density at radius 3 is 2.50 bits per heavy atom. The predicted octanol–water partition coefficient (Wildman–Crippen LogP) is 2.51. The van der Waals surface area contributed by atoms with Crippen molar-refractivity contribution in [2.24, 2.45) is 0 Å². The molecule has 0 aliphatic rings. The van der Waals surface area contributed by atoms with E-state index in [0.717, 1.165) is 10.8 Å². The zero-order valence-corrected chi connectivity index (χ0v) is 8.58. The van der Waals surface area contributed by atoms with E-state index in [2.05, 4.69) is 0 Å². The average Bonchev–Trinajstić information content (AvgIpc) is 2.27. The first-order valence-electron chi connectivity index (χ1n) is 4.26. The largest absolute Gasteiger partial charge is 0.290 e. The minimum Gasteiger partial charge on any atom is -0.290 e. The van der Waals surface area contributed by atoms with Crippen molar-refractivity contribution in [1.29, 1.82) is 0 Å². The Morgan fingerprint density at radius 1 is 1.07 bits per heavy atom. The average molecular weight is 206 g/mol. The topological polar surface area (TPSA) is 26.3 Å². The van der Waals surface area contributed by atoms with E-state index in [-0.39, 0.29) is 0 Å². The van der Waals surface area contributed by atoms with Crippen molar-refractivity contribution in [2.45, 2.75) is 4.90 Å². The molecule has 0 heterocycles. The molecule has 72 valence electrons. The third-order valence-corrected chi connectivity index (χ3v) is 3.01. The first-order valence-corrected chi connectivity index (χ1v) is 5.34. The van der Waals surface area contributed by atoms with Crippen molar-refractivity contribution in [3.63, 3.8) is 0 Å². The summed E-state index contributed by atoms with van der Waals surface area (Å²) in [7, 11) is 1.44. The maximum atomic E-state index is 11.3. The van der Waals surface area contributed by atoms with Gasteiger partial charge in [0.1, 0.15) is 0 Å². The van der Waals surface area contributed by atoms with E-state index >= 15 is 0 Å². The van der Waals surface area contributed by atoms with Crippen LogP contribution in [0.5, 0.6) is 0 Å². The lowest BCUT2D eigenvalue weighted by molar-refractivity contribution is 0.446. The molecule has 0 aromatic heterocycles. The van der Waals surface area contributed by atoms with E-state index in [1.165, 1.54) is 7.11 Å². The second-order valence-electron chi connectivity index (χ2n) is 2.91. The number of benzene rings is 2. The van der Waals surface area contributed by atoms with E-state index < -0.39 is 11.1 Å². The van der Waals surface area contributed by atoms with Crippen LogP contribution in [0.1, 0.15) is 0 Å². The van der Waals surface area contributed by atoms with Crippen LogP contribution < -0.4 is 0 Å². The molecule has 0 saturated carbocycles. The monoisotopic (exact) mass is 206 g/mol. The van der Waals surface area contributed by atoms with Crippen LogP contribution in [0.3, 0.4) is 0 Å². The van der Waals surface area contributed by atoms with Crippen molar-refractivity contribution in [3.05, 3.63) is 42.5 Å². The molecule has 1 atom stereocenters. The minimum absolute atomic E-state index is 0.700. The smallest absolute Gasteiger partial charge is 0.188 e. The molecule has 3 heteroatoms. The first kappa shape index (κ1) is 9.37. The highest BCUT2D eigenvalue weighted by Gasteiger charge is 2.02. The van der Waals surface area contributed by atoms with Gasteiger partial charge in [0.25, 0.3) is 0 Å². The van der Waals surface area contributed by atoms with Gasteiger partial charge in [0.05, 0.1) is 12.0 Å². The van der Waals surface area contributed by atoms with Crippen LogP contribution in [0.15, 0.2) is 47.4 Å². The number of hydrogen-bond acceptors (Lipinski definition) is 2. The van der Waals surface area contributed by atoms with Gasteiger partial charge in [-0.1, -0.05) is 30.3 Å². The van der Waals surface area contributed by atoms with Gasteiger partial charge in [0, 0.05) is 0 Å². The second-order valence-corrected chi connectivity index (χ2v) is 4.18. The van der Waals surface area contributed by atoms with Gasteiger partial charge in [-0.25, -0.2) is 4.21 Å². The lowest BCUT2D eigenvalue weighted by atomic mass is 10.1. The summed E-state index contributed by atoms with van der Waals surface area (Å²) in [6, 6.07) is 13.6. The second kappa shape index (κ2) is 3.90. The number of hydrogen-bond donors (Lipinski definition) is 0. The SMILES string of the molecule is CO[S@](=O)c1ccc2ccccc2c1. The molecule has 0 aliphatic heterocycles. The first-order chi connectivity index (χ1) is 6.81. The molecule has 0 amide bonds. The summed E-state index contributed by atoms with van der Waals surface area (Å²) >= 11 is -1.35. The zero-order chi connectivity index (χ0) is 9.97. The van der Waals surface area contributed by atoms with Gasteiger partial charge in [0.15, 0.2) is 11.1 Å². The lowest BCUT2D eigenvalue weighted by Crippen LogP contribution is -1.92. The van der Waals surface area contributed by atoms with Gasteiger partial charge in [-0.05, 0) is 22.9 Å². The van der Waals surface area contributed by atoms with E-state index in [4.69, 9.17) is 4.18 Å². The highest BCUT2D eigenvalue weighted by atomic mass is 32.2. The van der Waals surface area contributed by atoms with Crippen LogP contribution in [-0.4, -0.2) is 11.3 Å². The Labute approximate surface area is 85.2 Å². The van der Waals surface area contributed by atoms with E-state index in [1.54, 1.807) is 0 Å². The van der Waals surface area contributed by atoms with E-state index in [1.807, 2.05) is 42.5 Å². The Morgan fingerprint density at radius 2 is 1.79 bits per heavy atom. The van der Waals surface area contributed by atoms with Gasteiger partial charge < -0.3 is 0 Å². The predicted molar refractivity (Wildman–Crippen MR) is 57.4 cm³/mol. The highest BCUT2D eigenvalue weighted by molar-refractivity contribution is 7.80. The minimum atomic E-state index is -1.35. The molecule has 0 radical (unpaired) electrons. The van der Waals surface area contributed by atoms with Gasteiger partial charge in [-0.2, -0.15) is 0 Å². The van der Waals surface area contributed by atoms with Crippen LogP contribution in [0.2, 0.25) is 0 Å². The fourth-order valence-corrected chi connectivity index (χ4v) is 1.96. The third-order valence-electron chi connectivity index (χ3n) is 2.06. The Kier molecular flexibility index (Phi) is 2.61. The molecule has 2 aromatic rings. The molecule has 0 fully saturated rings. The summed E-state index contributed by atoms with van der Waals surface area (Å²) in [5, 5.41) is 2.22. The quantitative estimate of drug-likeness (QED) is 0.754. The van der Waals surface area contributed by atoms with Crippen molar-refractivity contribution >= 4 is 21.9 Å². The molecule has 14 heavy (non-hydrogen) atoms. The molecular weight excluding hydrogens is 196 g/mol. The van der Waals surface area contributed by atoms with Crippen LogP contribution in [0.4, 0.5) is 0 Å². The number of rotatable bonds is 2. The van der Waals surface area contributed by atoms with Crippen LogP contribution >= 0.6 is 0 Å². The summed E-state index contributed by atoms with van der Waals surface area (Å²) in [4.78, 5) is 0.700. The lowest BCUT2D eigenvalue weighted by Gasteiger charge is -2.01. The highest BCUT2D eigenvalue weighted by Crippen LogP contribution is 2.17. The third kappa shape index (κ3) is 1.69. The fourth-order valence-electron chi connectivity index (χ4n) is 1.37. The summed E-state index contributed by atoms with van der Waals surface area (Å²) in [6.45, 7) is 0. The molecule has 0 aliphatic carbocycles. The summed E-state index contributed by atoms with van der Waals surface area (Å²) in [5.74, 6) is 0. The molecule has 0 bridgehead atoms. The molecule has 0 saturated heterocycles. The Bertz CT molecular complexity index is 479. The van der Waals surface area contributed by atoms with Gasteiger partial charge in [-0.15, -0.1) is 0 Å². The van der Waals surface area contributed by atoms with E-state index in [0.29, 0.717) is 4.90 Å². The zero-order valence-electron chi connectivity index (χ0n) is 7.77. The normalized spacial score (nSPS) is 12.9. The Hall–Kier alpha value is -1.19. The van der Waals surface area contributed by atoms with Crippen molar-refractivity contribution in [2.75, 3.05) is 7.11 Å². The van der Waals surface area contributed by atoms with Crippen LogP contribution in [0, 0.1) is 0 Å². The van der Waals surface area contributed by atoms with E-state index in [9.17, 15) is 4.21 Å². The maximum absolute atomic E-state index is 11.3. The molecule has 2 nitrogen and oxygen atoms in total.